The smallest absolute Gasteiger partial charge is 0.157 e. The molecule has 1 aliphatic rings. The van der Waals surface area contributed by atoms with Gasteiger partial charge in [0.2, 0.25) is 0 Å². The van der Waals surface area contributed by atoms with Crippen molar-refractivity contribution < 1.29 is 8.42 Å². The molecule has 2 N–H and O–H groups in total. The highest BCUT2D eigenvalue weighted by molar-refractivity contribution is 7.91. The molecule has 2 rings (SSSR count). The Morgan fingerprint density at radius 3 is 2.35 bits per heavy atom. The second-order valence-corrected chi connectivity index (χ2v) is 8.01. The van der Waals surface area contributed by atoms with Crippen molar-refractivity contribution in [2.75, 3.05) is 6.54 Å². The molecule has 1 aromatic rings. The summed E-state index contributed by atoms with van der Waals surface area (Å²) in [4.78, 5) is 0. The van der Waals surface area contributed by atoms with Crippen molar-refractivity contribution in [2.45, 2.75) is 55.9 Å². The highest BCUT2D eigenvalue weighted by Gasteiger charge is 2.27. The minimum absolute atomic E-state index is 0.126. The van der Waals surface area contributed by atoms with E-state index in [1.54, 1.807) is 0 Å². The fourth-order valence-corrected chi connectivity index (χ4v) is 5.00. The Balaban J connectivity index is 2.11. The number of hydrogen-bond donors (Lipinski definition) is 1. The van der Waals surface area contributed by atoms with E-state index in [4.69, 9.17) is 5.73 Å². The summed E-state index contributed by atoms with van der Waals surface area (Å²) in [5.74, 6) is 0.193. The number of rotatable bonds is 6. The van der Waals surface area contributed by atoms with Gasteiger partial charge in [0.25, 0.3) is 0 Å². The van der Waals surface area contributed by atoms with Gasteiger partial charge in [0.15, 0.2) is 9.84 Å². The molecule has 0 unspecified atom stereocenters. The SMILES string of the molecule is NCCCc1ccccc1CS(=O)(=O)C1CCCCC1. The molecular formula is C16H25NO2S. The van der Waals surface area contributed by atoms with Crippen molar-refractivity contribution in [3.05, 3.63) is 35.4 Å². The minimum Gasteiger partial charge on any atom is -0.330 e. The fourth-order valence-electron chi connectivity index (χ4n) is 2.99. The van der Waals surface area contributed by atoms with E-state index in [9.17, 15) is 8.42 Å². The van der Waals surface area contributed by atoms with E-state index in [-0.39, 0.29) is 11.0 Å². The molecule has 0 amide bonds. The summed E-state index contributed by atoms with van der Waals surface area (Å²) in [6.07, 6.45) is 6.74. The highest BCUT2D eigenvalue weighted by Crippen LogP contribution is 2.27. The molecule has 0 saturated heterocycles. The van der Waals surface area contributed by atoms with Crippen LogP contribution in [0.4, 0.5) is 0 Å². The molecular weight excluding hydrogens is 270 g/mol. The number of aryl methyl sites for hydroxylation is 1. The third-order valence-corrected chi connectivity index (χ3v) is 6.39. The van der Waals surface area contributed by atoms with E-state index in [0.29, 0.717) is 6.54 Å². The Morgan fingerprint density at radius 2 is 1.70 bits per heavy atom. The molecule has 4 heteroatoms. The Bertz CT molecular complexity index is 519. The van der Waals surface area contributed by atoms with E-state index >= 15 is 0 Å². The van der Waals surface area contributed by atoms with Crippen LogP contribution >= 0.6 is 0 Å². The molecule has 0 aliphatic heterocycles. The lowest BCUT2D eigenvalue weighted by Gasteiger charge is -2.22. The minimum atomic E-state index is -3.02. The van der Waals surface area contributed by atoms with Gasteiger partial charge in [-0.3, -0.25) is 0 Å². The quantitative estimate of drug-likeness (QED) is 0.878. The second kappa shape index (κ2) is 7.23. The average molecular weight is 295 g/mol. The molecule has 0 heterocycles. The second-order valence-electron chi connectivity index (χ2n) is 5.73. The van der Waals surface area contributed by atoms with Crippen LogP contribution in [0.25, 0.3) is 0 Å². The third-order valence-electron chi connectivity index (χ3n) is 4.19. The van der Waals surface area contributed by atoms with E-state index in [1.165, 1.54) is 6.42 Å². The zero-order valence-electron chi connectivity index (χ0n) is 12.1. The summed E-state index contributed by atoms with van der Waals surface area (Å²) in [6.45, 7) is 0.643. The van der Waals surface area contributed by atoms with Gasteiger partial charge in [0.1, 0.15) is 0 Å². The van der Waals surface area contributed by atoms with Crippen LogP contribution in [0.3, 0.4) is 0 Å². The molecule has 0 atom stereocenters. The molecule has 0 aromatic heterocycles. The normalized spacial score (nSPS) is 17.2. The largest absolute Gasteiger partial charge is 0.330 e. The molecule has 3 nitrogen and oxygen atoms in total. The first-order valence-corrected chi connectivity index (χ1v) is 9.33. The van der Waals surface area contributed by atoms with Crippen molar-refractivity contribution in [3.8, 4) is 0 Å². The van der Waals surface area contributed by atoms with Crippen LogP contribution in [-0.4, -0.2) is 20.2 Å². The van der Waals surface area contributed by atoms with Crippen LogP contribution in [0.1, 0.15) is 49.7 Å². The lowest BCUT2D eigenvalue weighted by atomic mass is 10.0. The van der Waals surface area contributed by atoms with Gasteiger partial charge in [-0.1, -0.05) is 43.5 Å². The number of benzene rings is 1. The van der Waals surface area contributed by atoms with Crippen LogP contribution in [0.5, 0.6) is 0 Å². The lowest BCUT2D eigenvalue weighted by Crippen LogP contribution is -2.25. The predicted octanol–water partition coefficient (Wildman–Crippen LogP) is 2.83. The van der Waals surface area contributed by atoms with Gasteiger partial charge in [-0.25, -0.2) is 8.42 Å². The molecule has 0 radical (unpaired) electrons. The van der Waals surface area contributed by atoms with Crippen molar-refractivity contribution in [2.24, 2.45) is 5.73 Å². The third kappa shape index (κ3) is 4.06. The van der Waals surface area contributed by atoms with E-state index < -0.39 is 9.84 Å². The molecule has 1 fully saturated rings. The van der Waals surface area contributed by atoms with Crippen LogP contribution < -0.4 is 5.73 Å². The molecule has 1 saturated carbocycles. The monoisotopic (exact) mass is 295 g/mol. The summed E-state index contributed by atoms with van der Waals surface area (Å²) in [5, 5.41) is -0.126. The molecule has 20 heavy (non-hydrogen) atoms. The first-order chi connectivity index (χ1) is 9.63. The summed E-state index contributed by atoms with van der Waals surface area (Å²) >= 11 is 0. The van der Waals surface area contributed by atoms with Gasteiger partial charge < -0.3 is 5.73 Å². The lowest BCUT2D eigenvalue weighted by molar-refractivity contribution is 0.483. The van der Waals surface area contributed by atoms with Crippen molar-refractivity contribution in [3.63, 3.8) is 0 Å². The van der Waals surface area contributed by atoms with Gasteiger partial charge in [-0.15, -0.1) is 0 Å². The standard InChI is InChI=1S/C16H25NO2S/c17-12-6-9-14-7-4-5-8-15(14)13-20(18,19)16-10-2-1-3-11-16/h4-5,7-8,16H,1-3,6,9-13,17H2. The molecule has 0 bridgehead atoms. The Morgan fingerprint density at radius 1 is 1.05 bits per heavy atom. The fraction of sp³-hybridized carbons (Fsp3) is 0.625. The van der Waals surface area contributed by atoms with Crippen LogP contribution in [0.2, 0.25) is 0 Å². The maximum absolute atomic E-state index is 12.6. The Hall–Kier alpha value is -0.870. The summed E-state index contributed by atoms with van der Waals surface area (Å²) in [6, 6.07) is 7.88. The Labute approximate surface area is 122 Å². The molecule has 1 aromatic carbocycles. The van der Waals surface area contributed by atoms with Gasteiger partial charge in [-0.2, -0.15) is 0 Å². The zero-order chi connectivity index (χ0) is 14.4. The van der Waals surface area contributed by atoms with Crippen molar-refractivity contribution in [1.29, 1.82) is 0 Å². The van der Waals surface area contributed by atoms with E-state index in [2.05, 4.69) is 0 Å². The van der Waals surface area contributed by atoms with E-state index in [1.807, 2.05) is 24.3 Å². The maximum atomic E-state index is 12.6. The maximum Gasteiger partial charge on any atom is 0.157 e. The number of hydrogen-bond acceptors (Lipinski definition) is 3. The van der Waals surface area contributed by atoms with Crippen molar-refractivity contribution in [1.82, 2.24) is 0 Å². The van der Waals surface area contributed by atoms with Gasteiger partial charge in [-0.05, 0) is 43.4 Å². The molecule has 1 aliphatic carbocycles. The van der Waals surface area contributed by atoms with Crippen molar-refractivity contribution >= 4 is 9.84 Å². The zero-order valence-corrected chi connectivity index (χ0v) is 12.9. The average Bonchev–Trinajstić information content (AvgIpc) is 2.47. The van der Waals surface area contributed by atoms with Gasteiger partial charge >= 0.3 is 0 Å². The topological polar surface area (TPSA) is 60.2 Å². The first kappa shape index (κ1) is 15.5. The summed E-state index contributed by atoms with van der Waals surface area (Å²) in [5.41, 5.74) is 7.65. The number of nitrogens with two attached hydrogens (primary N) is 1. The predicted molar refractivity (Wildman–Crippen MR) is 83.3 cm³/mol. The van der Waals surface area contributed by atoms with Gasteiger partial charge in [0.05, 0.1) is 11.0 Å². The molecule has 0 spiro atoms. The number of sulfone groups is 1. The van der Waals surface area contributed by atoms with Crippen LogP contribution in [0.15, 0.2) is 24.3 Å². The molecule has 112 valence electrons. The first-order valence-electron chi connectivity index (χ1n) is 7.62. The Kier molecular flexibility index (Phi) is 5.61. The van der Waals surface area contributed by atoms with Crippen LogP contribution in [-0.2, 0) is 22.0 Å². The summed E-state index contributed by atoms with van der Waals surface area (Å²) in [7, 11) is -3.02. The highest BCUT2D eigenvalue weighted by atomic mass is 32.2. The van der Waals surface area contributed by atoms with Gasteiger partial charge in [0, 0.05) is 0 Å². The summed E-state index contributed by atoms with van der Waals surface area (Å²) < 4.78 is 25.1. The van der Waals surface area contributed by atoms with E-state index in [0.717, 1.165) is 49.7 Å². The van der Waals surface area contributed by atoms with Crippen LogP contribution in [0, 0.1) is 0 Å².